The Morgan fingerprint density at radius 1 is 1.24 bits per heavy atom. The summed E-state index contributed by atoms with van der Waals surface area (Å²) in [6.45, 7) is 8.61. The second kappa shape index (κ2) is 6.92. The summed E-state index contributed by atoms with van der Waals surface area (Å²) >= 11 is 4.93. The number of thiophene rings is 1. The molecule has 21 heavy (non-hydrogen) atoms. The Morgan fingerprint density at radius 3 is 2.29 bits per heavy atom. The molecule has 1 aliphatic rings. The summed E-state index contributed by atoms with van der Waals surface area (Å²) in [6.07, 6.45) is 0.588. The van der Waals surface area contributed by atoms with Crippen LogP contribution in [-0.4, -0.2) is 47.8 Å². The van der Waals surface area contributed by atoms with Crippen LogP contribution in [0.3, 0.4) is 0 Å². The average Bonchev–Trinajstić information content (AvgIpc) is 2.77. The van der Waals surface area contributed by atoms with Crippen LogP contribution in [0, 0.1) is 12.8 Å². The molecule has 4 nitrogen and oxygen atoms in total. The van der Waals surface area contributed by atoms with E-state index in [9.17, 15) is 9.59 Å². The van der Waals surface area contributed by atoms with Crippen molar-refractivity contribution in [3.05, 3.63) is 20.3 Å². The number of amides is 2. The largest absolute Gasteiger partial charge is 0.339 e. The predicted octanol–water partition coefficient (Wildman–Crippen LogP) is 3.15. The summed E-state index contributed by atoms with van der Waals surface area (Å²) in [5.74, 6) is 0.653. The molecular weight excluding hydrogens is 352 g/mol. The van der Waals surface area contributed by atoms with Gasteiger partial charge in [0.1, 0.15) is 0 Å². The molecule has 0 N–H and O–H groups in total. The Bertz CT molecular complexity index is 514. The molecule has 1 saturated heterocycles. The van der Waals surface area contributed by atoms with Crippen LogP contribution in [0.15, 0.2) is 9.85 Å². The zero-order chi connectivity index (χ0) is 15.6. The highest BCUT2D eigenvalue weighted by atomic mass is 79.9. The lowest BCUT2D eigenvalue weighted by molar-refractivity contribution is -0.133. The molecule has 6 heteroatoms. The smallest absolute Gasteiger partial charge is 0.264 e. The van der Waals surface area contributed by atoms with E-state index < -0.39 is 0 Å². The third kappa shape index (κ3) is 4.07. The molecule has 1 fully saturated rings. The highest BCUT2D eigenvalue weighted by molar-refractivity contribution is 9.11. The van der Waals surface area contributed by atoms with Gasteiger partial charge in [-0.3, -0.25) is 9.59 Å². The van der Waals surface area contributed by atoms with Crippen LogP contribution >= 0.6 is 27.3 Å². The first-order valence-corrected chi connectivity index (χ1v) is 8.82. The van der Waals surface area contributed by atoms with E-state index in [0.717, 1.165) is 14.2 Å². The van der Waals surface area contributed by atoms with Crippen molar-refractivity contribution in [1.29, 1.82) is 0 Å². The lowest BCUT2D eigenvalue weighted by Gasteiger charge is -2.35. The van der Waals surface area contributed by atoms with Gasteiger partial charge in [0.05, 0.1) is 8.66 Å². The minimum Gasteiger partial charge on any atom is -0.339 e. The van der Waals surface area contributed by atoms with Crippen LogP contribution in [-0.2, 0) is 4.79 Å². The van der Waals surface area contributed by atoms with Crippen molar-refractivity contribution in [2.45, 2.75) is 27.2 Å². The quantitative estimate of drug-likeness (QED) is 0.817. The van der Waals surface area contributed by atoms with Gasteiger partial charge >= 0.3 is 0 Å². The first-order chi connectivity index (χ1) is 9.88. The molecule has 116 valence electrons. The van der Waals surface area contributed by atoms with E-state index in [2.05, 4.69) is 29.8 Å². The number of rotatable bonds is 3. The summed E-state index contributed by atoms with van der Waals surface area (Å²) in [4.78, 5) is 28.9. The van der Waals surface area contributed by atoms with Gasteiger partial charge in [-0.05, 0) is 40.4 Å². The van der Waals surface area contributed by atoms with Crippen molar-refractivity contribution < 1.29 is 9.59 Å². The standard InChI is InChI=1S/C15H21BrN2O2S/c1-10(2)8-13(19)17-4-6-18(7-5-17)15(20)12-9-11(3)14(16)21-12/h9-10H,4-8H2,1-3H3. The van der Waals surface area contributed by atoms with Crippen molar-refractivity contribution in [3.8, 4) is 0 Å². The Morgan fingerprint density at radius 2 is 1.81 bits per heavy atom. The van der Waals surface area contributed by atoms with Crippen molar-refractivity contribution in [2.24, 2.45) is 5.92 Å². The minimum atomic E-state index is 0.0739. The number of carbonyl (C=O) groups is 2. The molecule has 0 saturated carbocycles. The zero-order valence-corrected chi connectivity index (χ0v) is 15.1. The van der Waals surface area contributed by atoms with E-state index in [1.807, 2.05) is 22.8 Å². The van der Waals surface area contributed by atoms with Crippen molar-refractivity contribution in [2.75, 3.05) is 26.2 Å². The van der Waals surface area contributed by atoms with Crippen LogP contribution in [0.5, 0.6) is 0 Å². The molecule has 1 aromatic heterocycles. The summed E-state index contributed by atoms with van der Waals surface area (Å²) in [7, 11) is 0. The zero-order valence-electron chi connectivity index (χ0n) is 12.7. The maximum Gasteiger partial charge on any atom is 0.264 e. The molecule has 1 aliphatic heterocycles. The molecule has 2 amide bonds. The number of hydrogen-bond acceptors (Lipinski definition) is 3. The summed E-state index contributed by atoms with van der Waals surface area (Å²) in [6, 6.07) is 1.92. The minimum absolute atomic E-state index is 0.0739. The Kier molecular flexibility index (Phi) is 5.43. The van der Waals surface area contributed by atoms with Crippen molar-refractivity contribution >= 4 is 39.1 Å². The van der Waals surface area contributed by atoms with Gasteiger partial charge in [0.25, 0.3) is 5.91 Å². The van der Waals surface area contributed by atoms with E-state index in [4.69, 9.17) is 0 Å². The first-order valence-electron chi connectivity index (χ1n) is 7.21. The fourth-order valence-corrected chi connectivity index (χ4v) is 3.86. The molecule has 0 atom stereocenters. The summed E-state index contributed by atoms with van der Waals surface area (Å²) in [5.41, 5.74) is 1.09. The van der Waals surface area contributed by atoms with Crippen LogP contribution in [0.4, 0.5) is 0 Å². The molecule has 1 aromatic rings. The van der Waals surface area contributed by atoms with E-state index in [1.54, 1.807) is 0 Å². The second-order valence-electron chi connectivity index (χ2n) is 5.84. The van der Waals surface area contributed by atoms with E-state index >= 15 is 0 Å². The second-order valence-corrected chi connectivity index (χ2v) is 8.21. The molecule has 0 aromatic carbocycles. The number of carbonyl (C=O) groups excluding carboxylic acids is 2. The number of piperazine rings is 1. The lowest BCUT2D eigenvalue weighted by atomic mass is 10.1. The van der Waals surface area contributed by atoms with Crippen LogP contribution in [0.1, 0.15) is 35.5 Å². The van der Waals surface area contributed by atoms with Gasteiger partial charge in [-0.1, -0.05) is 13.8 Å². The maximum absolute atomic E-state index is 12.4. The Balaban J connectivity index is 1.91. The normalized spacial score (nSPS) is 15.7. The maximum atomic E-state index is 12.4. The molecule has 0 aliphatic carbocycles. The van der Waals surface area contributed by atoms with Gasteiger partial charge in [0, 0.05) is 32.6 Å². The van der Waals surface area contributed by atoms with Gasteiger partial charge in [0.2, 0.25) is 5.91 Å². The molecule has 2 rings (SSSR count). The van der Waals surface area contributed by atoms with Gasteiger partial charge in [-0.25, -0.2) is 0 Å². The van der Waals surface area contributed by atoms with E-state index in [-0.39, 0.29) is 11.8 Å². The third-order valence-corrected chi connectivity index (χ3v) is 5.70. The molecule has 0 unspecified atom stereocenters. The van der Waals surface area contributed by atoms with Crippen molar-refractivity contribution in [1.82, 2.24) is 9.80 Å². The van der Waals surface area contributed by atoms with Gasteiger partial charge in [0.15, 0.2) is 0 Å². The molecule has 0 radical (unpaired) electrons. The molecule has 0 bridgehead atoms. The summed E-state index contributed by atoms with van der Waals surface area (Å²) in [5, 5.41) is 0. The van der Waals surface area contributed by atoms with E-state index in [0.29, 0.717) is 38.5 Å². The monoisotopic (exact) mass is 372 g/mol. The molecular formula is C15H21BrN2O2S. The first kappa shape index (κ1) is 16.5. The van der Waals surface area contributed by atoms with Crippen molar-refractivity contribution in [3.63, 3.8) is 0 Å². The van der Waals surface area contributed by atoms with Crippen LogP contribution in [0.25, 0.3) is 0 Å². The third-order valence-electron chi connectivity index (χ3n) is 3.57. The number of nitrogens with zero attached hydrogens (tertiary/aromatic N) is 2. The highest BCUT2D eigenvalue weighted by Gasteiger charge is 2.26. The fraction of sp³-hybridized carbons (Fsp3) is 0.600. The Hall–Kier alpha value is -0.880. The number of aryl methyl sites for hydroxylation is 1. The predicted molar refractivity (Wildman–Crippen MR) is 88.7 cm³/mol. The summed E-state index contributed by atoms with van der Waals surface area (Å²) < 4.78 is 1.01. The fourth-order valence-electron chi connectivity index (χ4n) is 2.36. The Labute approximate surface area is 138 Å². The number of hydrogen-bond donors (Lipinski definition) is 0. The van der Waals surface area contributed by atoms with Crippen LogP contribution in [0.2, 0.25) is 0 Å². The van der Waals surface area contributed by atoms with E-state index in [1.165, 1.54) is 11.3 Å². The average molecular weight is 373 g/mol. The number of halogens is 1. The van der Waals surface area contributed by atoms with Gasteiger partial charge in [-0.2, -0.15) is 0 Å². The van der Waals surface area contributed by atoms with Gasteiger partial charge < -0.3 is 9.80 Å². The van der Waals surface area contributed by atoms with Gasteiger partial charge in [-0.15, -0.1) is 11.3 Å². The highest BCUT2D eigenvalue weighted by Crippen LogP contribution is 2.28. The molecule has 2 heterocycles. The lowest BCUT2D eigenvalue weighted by Crippen LogP contribution is -2.50. The molecule has 0 spiro atoms. The SMILES string of the molecule is Cc1cc(C(=O)N2CCN(C(=O)CC(C)C)CC2)sc1Br. The van der Waals surface area contributed by atoms with Crippen LogP contribution < -0.4 is 0 Å². The topological polar surface area (TPSA) is 40.6 Å².